The zero-order valence-electron chi connectivity index (χ0n) is 18.6. The first-order chi connectivity index (χ1) is 16.0. The molecule has 1 aliphatic rings. The van der Waals surface area contributed by atoms with E-state index in [0.29, 0.717) is 19.7 Å². The van der Waals surface area contributed by atoms with Crippen LogP contribution in [0.1, 0.15) is 31.2 Å². The molecule has 1 saturated heterocycles. The third kappa shape index (κ3) is 7.34. The quantitative estimate of drug-likeness (QED) is 0.235. The van der Waals surface area contributed by atoms with Crippen LogP contribution in [-0.2, 0) is 6.42 Å². The van der Waals surface area contributed by atoms with Crippen LogP contribution in [0, 0.1) is 0 Å². The van der Waals surface area contributed by atoms with Gasteiger partial charge in [0, 0.05) is 66.0 Å². The number of alkyl halides is 2. The monoisotopic (exact) mass is 493 g/mol. The molecular formula is C25H30ClF2N3OS. The van der Waals surface area contributed by atoms with Gasteiger partial charge in [0.25, 0.3) is 5.92 Å². The third-order valence-corrected chi connectivity index (χ3v) is 7.03. The highest BCUT2D eigenvalue weighted by Gasteiger charge is 2.33. The van der Waals surface area contributed by atoms with Crippen molar-refractivity contribution < 1.29 is 13.5 Å². The molecule has 1 fully saturated rings. The predicted octanol–water partition coefficient (Wildman–Crippen LogP) is 6.55. The van der Waals surface area contributed by atoms with Gasteiger partial charge in [-0.2, -0.15) is 0 Å². The van der Waals surface area contributed by atoms with E-state index >= 15 is 0 Å². The van der Waals surface area contributed by atoms with E-state index in [1.165, 1.54) is 10.9 Å². The minimum absolute atomic E-state index is 0.0288. The van der Waals surface area contributed by atoms with Crippen LogP contribution in [0.3, 0.4) is 0 Å². The number of piperidine rings is 1. The summed E-state index contributed by atoms with van der Waals surface area (Å²) in [5.41, 5.74) is 2.41. The van der Waals surface area contributed by atoms with Crippen LogP contribution in [0.25, 0.3) is 10.9 Å². The minimum atomic E-state index is -2.48. The van der Waals surface area contributed by atoms with Gasteiger partial charge >= 0.3 is 0 Å². The zero-order valence-corrected chi connectivity index (χ0v) is 20.2. The molecule has 2 heterocycles. The molecule has 0 aliphatic carbocycles. The molecule has 0 spiro atoms. The Balaban J connectivity index is 1.09. The first kappa shape index (κ1) is 24.3. The van der Waals surface area contributed by atoms with E-state index in [4.69, 9.17) is 16.3 Å². The average molecular weight is 494 g/mol. The fraction of sp³-hybridized carbons (Fsp3) is 0.440. The van der Waals surface area contributed by atoms with Gasteiger partial charge in [0.05, 0.1) is 6.61 Å². The molecule has 1 aromatic heterocycles. The Labute approximate surface area is 203 Å². The van der Waals surface area contributed by atoms with Crippen LogP contribution >= 0.6 is 23.5 Å². The molecule has 0 saturated carbocycles. The van der Waals surface area contributed by atoms with E-state index < -0.39 is 5.92 Å². The summed E-state index contributed by atoms with van der Waals surface area (Å²) >= 11 is 7.74. The predicted molar refractivity (Wildman–Crippen MR) is 133 cm³/mol. The van der Waals surface area contributed by atoms with Crippen molar-refractivity contribution in [2.75, 3.05) is 32.8 Å². The van der Waals surface area contributed by atoms with Gasteiger partial charge in [0.2, 0.25) is 0 Å². The highest BCUT2D eigenvalue weighted by atomic mass is 35.5. The second-order valence-corrected chi connectivity index (χ2v) is 9.88. The Morgan fingerprint density at radius 1 is 1.09 bits per heavy atom. The molecule has 2 N–H and O–H groups in total. The highest BCUT2D eigenvalue weighted by Crippen LogP contribution is 2.28. The maximum absolute atomic E-state index is 13.2. The fourth-order valence-corrected chi connectivity index (χ4v) is 4.89. The molecule has 4 nitrogen and oxygen atoms in total. The Kier molecular flexibility index (Phi) is 8.52. The number of aromatic nitrogens is 1. The van der Waals surface area contributed by atoms with Crippen molar-refractivity contribution in [1.29, 1.82) is 0 Å². The number of rotatable bonds is 11. The molecule has 1 aliphatic heterocycles. The molecule has 0 atom stereocenters. The summed E-state index contributed by atoms with van der Waals surface area (Å²) in [7, 11) is 0. The molecule has 178 valence electrons. The number of halogens is 3. The summed E-state index contributed by atoms with van der Waals surface area (Å²) in [5, 5.41) is 1.96. The van der Waals surface area contributed by atoms with Gasteiger partial charge in [0.15, 0.2) is 0 Å². The van der Waals surface area contributed by atoms with Crippen LogP contribution in [-0.4, -0.2) is 48.6 Å². The summed E-state index contributed by atoms with van der Waals surface area (Å²) in [6.45, 7) is 3.25. The smallest absolute Gasteiger partial charge is 0.250 e. The molecule has 0 bridgehead atoms. The second-order valence-electron chi connectivity index (χ2n) is 8.47. The first-order valence-corrected chi connectivity index (χ1v) is 12.7. The lowest BCUT2D eigenvalue weighted by Crippen LogP contribution is -2.40. The molecule has 0 radical (unpaired) electrons. The summed E-state index contributed by atoms with van der Waals surface area (Å²) in [6.07, 6.45) is 4.87. The Hall–Kier alpha value is -1.80. The van der Waals surface area contributed by atoms with E-state index in [2.05, 4.69) is 20.8 Å². The van der Waals surface area contributed by atoms with Gasteiger partial charge in [-0.25, -0.2) is 8.78 Å². The number of hydrogen-bond acceptors (Lipinski definition) is 4. The van der Waals surface area contributed by atoms with Gasteiger partial charge in [-0.15, -0.1) is 0 Å². The molecule has 4 rings (SSSR count). The van der Waals surface area contributed by atoms with Crippen LogP contribution in [0.4, 0.5) is 8.78 Å². The van der Waals surface area contributed by atoms with E-state index in [1.807, 2.05) is 42.5 Å². The van der Waals surface area contributed by atoms with Gasteiger partial charge in [0.1, 0.15) is 5.75 Å². The van der Waals surface area contributed by atoms with Crippen molar-refractivity contribution in [3.8, 4) is 5.75 Å². The number of benzene rings is 2. The van der Waals surface area contributed by atoms with Crippen LogP contribution in [0.2, 0.25) is 5.02 Å². The maximum atomic E-state index is 13.2. The van der Waals surface area contributed by atoms with E-state index in [-0.39, 0.29) is 12.8 Å². The van der Waals surface area contributed by atoms with Crippen LogP contribution in [0.15, 0.2) is 53.6 Å². The maximum Gasteiger partial charge on any atom is 0.250 e. The average Bonchev–Trinajstić information content (AvgIpc) is 3.20. The van der Waals surface area contributed by atoms with Gasteiger partial charge in [-0.1, -0.05) is 11.6 Å². The summed E-state index contributed by atoms with van der Waals surface area (Å²) in [5.74, 6) is -1.64. The van der Waals surface area contributed by atoms with Crippen molar-refractivity contribution in [1.82, 2.24) is 14.6 Å². The number of aryl methyl sites for hydroxylation is 1. The summed E-state index contributed by atoms with van der Waals surface area (Å²) in [6, 6.07) is 14.0. The number of likely N-dealkylation sites (tertiary alicyclic amines) is 1. The van der Waals surface area contributed by atoms with Crippen molar-refractivity contribution in [3.05, 3.63) is 59.2 Å². The number of nitrogens with one attached hydrogen (secondary N) is 2. The molecule has 0 unspecified atom stereocenters. The number of H-pyrrole nitrogens is 1. The topological polar surface area (TPSA) is 40.3 Å². The number of aromatic amines is 1. The number of fused-ring (bicyclic) bond motifs is 1. The van der Waals surface area contributed by atoms with E-state index in [0.717, 1.165) is 53.5 Å². The normalized spacial score (nSPS) is 16.3. The lowest BCUT2D eigenvalue weighted by molar-refractivity contribution is -0.0554. The van der Waals surface area contributed by atoms with Crippen LogP contribution < -0.4 is 9.46 Å². The Morgan fingerprint density at radius 2 is 1.88 bits per heavy atom. The van der Waals surface area contributed by atoms with Gasteiger partial charge in [-0.05, 0) is 79.2 Å². The third-order valence-electron chi connectivity index (χ3n) is 5.94. The largest absolute Gasteiger partial charge is 0.494 e. The Morgan fingerprint density at radius 3 is 2.67 bits per heavy atom. The molecule has 2 aromatic carbocycles. The van der Waals surface area contributed by atoms with Gasteiger partial charge in [-0.3, -0.25) is 4.72 Å². The minimum Gasteiger partial charge on any atom is -0.494 e. The Bertz CT molecular complexity index is 1020. The first-order valence-electron chi connectivity index (χ1n) is 11.5. The molecule has 3 aromatic rings. The van der Waals surface area contributed by atoms with Gasteiger partial charge < -0.3 is 14.6 Å². The highest BCUT2D eigenvalue weighted by molar-refractivity contribution is 7.97. The van der Waals surface area contributed by atoms with Crippen molar-refractivity contribution >= 4 is 34.5 Å². The van der Waals surface area contributed by atoms with Crippen molar-refractivity contribution in [3.63, 3.8) is 0 Å². The molecule has 0 amide bonds. The summed E-state index contributed by atoms with van der Waals surface area (Å²) < 4.78 is 35.6. The SMILES string of the molecule is FC1(F)CCN(CCCOc2ccc(SNCCCc3c[nH]c4ccc(Cl)cc34)cc2)CC1. The molecular weight excluding hydrogens is 464 g/mol. The molecule has 8 heteroatoms. The van der Waals surface area contributed by atoms with E-state index in [1.54, 1.807) is 11.9 Å². The van der Waals surface area contributed by atoms with Crippen molar-refractivity contribution in [2.24, 2.45) is 0 Å². The van der Waals surface area contributed by atoms with Crippen LogP contribution in [0.5, 0.6) is 5.75 Å². The standard InChI is InChI=1S/C25H30ClF2N3OS/c26-20-4-9-24-23(17-20)19(18-29-24)3-1-12-30-33-22-7-5-21(6-8-22)32-16-2-13-31-14-10-25(27,28)11-15-31/h4-9,17-18,29-30H,1-3,10-16H2. The second kappa shape index (κ2) is 11.6. The number of hydrogen-bond donors (Lipinski definition) is 2. The lowest BCUT2D eigenvalue weighted by Gasteiger charge is -2.31. The lowest BCUT2D eigenvalue weighted by atomic mass is 10.1. The van der Waals surface area contributed by atoms with Crippen molar-refractivity contribution in [2.45, 2.75) is 42.9 Å². The van der Waals surface area contributed by atoms with E-state index in [9.17, 15) is 8.78 Å². The molecule has 33 heavy (non-hydrogen) atoms. The number of nitrogens with zero attached hydrogens (tertiary/aromatic N) is 1. The summed E-state index contributed by atoms with van der Waals surface area (Å²) in [4.78, 5) is 6.53. The fourth-order valence-electron chi connectivity index (χ4n) is 4.03. The zero-order chi connectivity index (χ0) is 23.1. The number of ether oxygens (including phenoxy) is 1.